The van der Waals surface area contributed by atoms with Crippen molar-refractivity contribution in [1.82, 2.24) is 15.2 Å². The third-order valence-electron chi connectivity index (χ3n) is 5.86. The van der Waals surface area contributed by atoms with Crippen LogP contribution in [-0.4, -0.2) is 62.0 Å². The third kappa shape index (κ3) is 7.34. The van der Waals surface area contributed by atoms with Gasteiger partial charge in [0.05, 0.1) is 17.9 Å². The molecule has 9 heteroatoms. The standard InChI is InChI=1S/C26H28FN3O4S/c27-25-17-23(34-13-10-30-11-14-35(32,33)15-12-30)8-9-24(25)21-6-7-22(28-19-21)16-26(31)29-18-20-4-2-1-3-5-20/h1-9,17,19H,10-16,18H2,(H,29,31). The molecule has 35 heavy (non-hydrogen) atoms. The number of nitrogens with zero attached hydrogens (tertiary/aromatic N) is 2. The van der Waals surface area contributed by atoms with Gasteiger partial charge in [0.2, 0.25) is 5.91 Å². The first-order valence-electron chi connectivity index (χ1n) is 11.5. The van der Waals surface area contributed by atoms with Gasteiger partial charge in [0.15, 0.2) is 9.84 Å². The Hall–Kier alpha value is -3.30. The average molecular weight is 498 g/mol. The highest BCUT2D eigenvalue weighted by molar-refractivity contribution is 7.91. The number of sulfone groups is 1. The lowest BCUT2D eigenvalue weighted by Gasteiger charge is -2.26. The number of hydrogen-bond acceptors (Lipinski definition) is 6. The smallest absolute Gasteiger partial charge is 0.226 e. The number of rotatable bonds is 9. The molecule has 2 aromatic carbocycles. The number of benzene rings is 2. The molecule has 4 rings (SSSR count). The van der Waals surface area contributed by atoms with Crippen LogP contribution in [0.2, 0.25) is 0 Å². The molecule has 0 bridgehead atoms. The van der Waals surface area contributed by atoms with Crippen LogP contribution in [0.25, 0.3) is 11.1 Å². The molecule has 184 valence electrons. The highest BCUT2D eigenvalue weighted by Crippen LogP contribution is 2.26. The maximum Gasteiger partial charge on any atom is 0.226 e. The number of aromatic nitrogens is 1. The number of pyridine rings is 1. The Balaban J connectivity index is 1.26. The van der Waals surface area contributed by atoms with Gasteiger partial charge in [-0.1, -0.05) is 36.4 Å². The Morgan fingerprint density at radius 2 is 1.83 bits per heavy atom. The summed E-state index contributed by atoms with van der Waals surface area (Å²) in [6, 6.07) is 17.8. The number of halogens is 1. The van der Waals surface area contributed by atoms with Crippen LogP contribution < -0.4 is 10.1 Å². The Morgan fingerprint density at radius 3 is 2.51 bits per heavy atom. The van der Waals surface area contributed by atoms with Crippen molar-refractivity contribution >= 4 is 15.7 Å². The molecule has 0 spiro atoms. The summed E-state index contributed by atoms with van der Waals surface area (Å²) in [7, 11) is -2.91. The molecule has 1 aliphatic rings. The SMILES string of the molecule is O=C(Cc1ccc(-c2ccc(OCCN3CCS(=O)(=O)CC3)cc2F)cn1)NCc1ccccc1. The molecule has 0 unspecified atom stereocenters. The lowest BCUT2D eigenvalue weighted by Crippen LogP contribution is -2.42. The first kappa shape index (κ1) is 24.8. The molecule has 3 aromatic rings. The van der Waals surface area contributed by atoms with Crippen LogP contribution in [0, 0.1) is 5.82 Å². The Morgan fingerprint density at radius 1 is 1.06 bits per heavy atom. The van der Waals surface area contributed by atoms with Gasteiger partial charge >= 0.3 is 0 Å². The minimum Gasteiger partial charge on any atom is -0.492 e. The molecule has 0 aliphatic carbocycles. The van der Waals surface area contributed by atoms with Crippen molar-refractivity contribution in [3.05, 3.63) is 83.9 Å². The van der Waals surface area contributed by atoms with Gasteiger partial charge < -0.3 is 10.1 Å². The highest BCUT2D eigenvalue weighted by Gasteiger charge is 2.21. The number of hydrogen-bond donors (Lipinski definition) is 1. The molecule has 0 atom stereocenters. The zero-order valence-electron chi connectivity index (χ0n) is 19.3. The molecule has 1 aromatic heterocycles. The van der Waals surface area contributed by atoms with E-state index >= 15 is 0 Å². The van der Waals surface area contributed by atoms with Gasteiger partial charge in [-0.15, -0.1) is 0 Å². The Bertz CT molecular complexity index is 1240. The molecule has 1 amide bonds. The number of carbonyl (C=O) groups excluding carboxylic acids is 1. The van der Waals surface area contributed by atoms with E-state index < -0.39 is 15.7 Å². The van der Waals surface area contributed by atoms with Crippen LogP contribution in [0.1, 0.15) is 11.3 Å². The zero-order chi connectivity index (χ0) is 24.7. The van der Waals surface area contributed by atoms with Crippen LogP contribution in [0.5, 0.6) is 5.75 Å². The van der Waals surface area contributed by atoms with E-state index in [-0.39, 0.29) is 23.8 Å². The summed E-state index contributed by atoms with van der Waals surface area (Å²) in [5, 5.41) is 2.87. The van der Waals surface area contributed by atoms with E-state index in [1.54, 1.807) is 30.5 Å². The van der Waals surface area contributed by atoms with Gasteiger partial charge in [0.25, 0.3) is 0 Å². The van der Waals surface area contributed by atoms with Crippen LogP contribution >= 0.6 is 0 Å². The van der Waals surface area contributed by atoms with Gasteiger partial charge in [-0.25, -0.2) is 12.8 Å². The fourth-order valence-electron chi connectivity index (χ4n) is 3.80. The fourth-order valence-corrected chi connectivity index (χ4v) is 5.07. The summed E-state index contributed by atoms with van der Waals surface area (Å²) < 4.78 is 43.4. The van der Waals surface area contributed by atoms with E-state index in [1.165, 1.54) is 6.07 Å². The van der Waals surface area contributed by atoms with E-state index in [4.69, 9.17) is 4.74 Å². The largest absolute Gasteiger partial charge is 0.492 e. The summed E-state index contributed by atoms with van der Waals surface area (Å²) in [5.41, 5.74) is 2.63. The quantitative estimate of drug-likeness (QED) is 0.489. The van der Waals surface area contributed by atoms with Gasteiger partial charge in [-0.05, 0) is 23.8 Å². The predicted molar refractivity (Wildman–Crippen MR) is 132 cm³/mol. The number of carbonyl (C=O) groups is 1. The summed E-state index contributed by atoms with van der Waals surface area (Å²) in [4.78, 5) is 18.5. The highest BCUT2D eigenvalue weighted by atomic mass is 32.2. The van der Waals surface area contributed by atoms with E-state index in [1.807, 2.05) is 35.2 Å². The fraction of sp³-hybridized carbons (Fsp3) is 0.308. The third-order valence-corrected chi connectivity index (χ3v) is 7.47. The normalized spacial score (nSPS) is 15.5. The van der Waals surface area contributed by atoms with Crippen molar-refractivity contribution in [2.24, 2.45) is 0 Å². The number of ether oxygens (including phenoxy) is 1. The average Bonchev–Trinajstić information content (AvgIpc) is 2.85. The Kier molecular flexibility index (Phi) is 8.09. The van der Waals surface area contributed by atoms with Gasteiger partial charge in [0.1, 0.15) is 18.2 Å². The van der Waals surface area contributed by atoms with Crippen LogP contribution in [0.15, 0.2) is 66.9 Å². The monoisotopic (exact) mass is 497 g/mol. The summed E-state index contributed by atoms with van der Waals surface area (Å²) >= 11 is 0. The summed E-state index contributed by atoms with van der Waals surface area (Å²) in [6.45, 7) is 2.38. The molecule has 0 radical (unpaired) electrons. The summed E-state index contributed by atoms with van der Waals surface area (Å²) in [5.74, 6) is 0.188. The first-order valence-corrected chi connectivity index (χ1v) is 13.3. The predicted octanol–water partition coefficient (Wildman–Crippen LogP) is 2.86. The number of nitrogens with one attached hydrogen (secondary N) is 1. The summed E-state index contributed by atoms with van der Waals surface area (Å²) in [6.07, 6.45) is 1.70. The molecule has 1 fully saturated rings. The van der Waals surface area contributed by atoms with E-state index in [9.17, 15) is 17.6 Å². The lowest BCUT2D eigenvalue weighted by molar-refractivity contribution is -0.120. The second-order valence-electron chi connectivity index (χ2n) is 8.46. The Labute approximate surface area is 204 Å². The molecule has 2 heterocycles. The van der Waals surface area contributed by atoms with Gasteiger partial charge in [0, 0.05) is 55.3 Å². The molecule has 1 N–H and O–H groups in total. The van der Waals surface area contributed by atoms with Gasteiger partial charge in [-0.2, -0.15) is 0 Å². The van der Waals surface area contributed by atoms with Crippen molar-refractivity contribution in [2.75, 3.05) is 37.7 Å². The van der Waals surface area contributed by atoms with Crippen molar-refractivity contribution in [2.45, 2.75) is 13.0 Å². The molecular formula is C26H28FN3O4S. The van der Waals surface area contributed by atoms with E-state index in [0.29, 0.717) is 55.4 Å². The van der Waals surface area contributed by atoms with Crippen LogP contribution in [-0.2, 0) is 27.6 Å². The molecular weight excluding hydrogens is 469 g/mol. The van der Waals surface area contributed by atoms with Crippen molar-refractivity contribution in [3.8, 4) is 16.9 Å². The molecule has 0 saturated carbocycles. The van der Waals surface area contributed by atoms with Crippen LogP contribution in [0.3, 0.4) is 0 Å². The van der Waals surface area contributed by atoms with Crippen molar-refractivity contribution < 1.29 is 22.3 Å². The topological polar surface area (TPSA) is 88.6 Å². The van der Waals surface area contributed by atoms with Crippen molar-refractivity contribution in [3.63, 3.8) is 0 Å². The number of amides is 1. The minimum absolute atomic E-state index is 0.132. The second kappa shape index (κ2) is 11.4. The molecule has 1 aliphatic heterocycles. The van der Waals surface area contributed by atoms with E-state index in [0.717, 1.165) is 5.56 Å². The van der Waals surface area contributed by atoms with Crippen LogP contribution in [0.4, 0.5) is 4.39 Å². The minimum atomic E-state index is -2.91. The maximum absolute atomic E-state index is 14.7. The molecule has 7 nitrogen and oxygen atoms in total. The maximum atomic E-state index is 14.7. The first-order chi connectivity index (χ1) is 16.9. The van der Waals surface area contributed by atoms with Crippen molar-refractivity contribution in [1.29, 1.82) is 0 Å². The second-order valence-corrected chi connectivity index (χ2v) is 10.8. The molecule has 1 saturated heterocycles. The van der Waals surface area contributed by atoms with Gasteiger partial charge in [-0.3, -0.25) is 14.7 Å². The van der Waals surface area contributed by atoms with E-state index in [2.05, 4.69) is 10.3 Å². The lowest BCUT2D eigenvalue weighted by atomic mass is 10.1. The zero-order valence-corrected chi connectivity index (χ0v) is 20.1.